The van der Waals surface area contributed by atoms with Crippen molar-refractivity contribution in [1.82, 2.24) is 20.2 Å². The van der Waals surface area contributed by atoms with Gasteiger partial charge in [-0.05, 0) is 69.2 Å². The summed E-state index contributed by atoms with van der Waals surface area (Å²) in [5, 5.41) is 4.04. The third-order valence-corrected chi connectivity index (χ3v) is 8.57. The molecule has 1 fully saturated rings. The first kappa shape index (κ1) is 27.8. The molecule has 1 aromatic carbocycles. The highest BCUT2D eigenvalue weighted by Crippen LogP contribution is 2.35. The Morgan fingerprint density at radius 2 is 1.92 bits per heavy atom. The first-order valence-corrected chi connectivity index (χ1v) is 14.1. The largest absolute Gasteiger partial charge is 0.468 e. The number of alkyl halides is 4. The Morgan fingerprint density at radius 3 is 2.69 bits per heavy atom. The van der Waals surface area contributed by atoms with E-state index in [1.165, 1.54) is 6.07 Å². The zero-order valence-corrected chi connectivity index (χ0v) is 22.6. The number of ether oxygens (including phenoxy) is 1. The number of rotatable bonds is 7. The number of aryl methyl sites for hydroxylation is 1. The summed E-state index contributed by atoms with van der Waals surface area (Å²) in [4.78, 5) is 23.7. The van der Waals surface area contributed by atoms with Crippen LogP contribution in [0.4, 0.5) is 17.6 Å². The van der Waals surface area contributed by atoms with Crippen molar-refractivity contribution in [2.45, 2.75) is 69.8 Å². The molecule has 1 aliphatic heterocycles. The second kappa shape index (κ2) is 11.4. The van der Waals surface area contributed by atoms with Gasteiger partial charge in [0.05, 0.1) is 15.2 Å². The highest BCUT2D eigenvalue weighted by atomic mass is 32.1. The molecule has 11 heteroatoms. The lowest BCUT2D eigenvalue weighted by Gasteiger charge is -2.35. The molecule has 2 aliphatic rings. The molecule has 5 rings (SSSR count). The molecule has 0 saturated heterocycles. The van der Waals surface area contributed by atoms with Gasteiger partial charge >= 0.3 is 6.18 Å². The Balaban J connectivity index is 1.07. The van der Waals surface area contributed by atoms with E-state index < -0.39 is 18.5 Å². The zero-order chi connectivity index (χ0) is 27.6. The first-order chi connectivity index (χ1) is 18.6. The van der Waals surface area contributed by atoms with Crippen LogP contribution in [0.3, 0.4) is 0 Å². The SMILES string of the molecule is Cc1nc2ccc(C(=O)N[C@H]3CC[C@](F)(CCN4CCc5ccc(OCC(F)(F)F)nc5CC4)CC3)cc2s1. The van der Waals surface area contributed by atoms with Crippen LogP contribution in [0.1, 0.15) is 58.7 Å². The predicted molar refractivity (Wildman–Crippen MR) is 142 cm³/mol. The van der Waals surface area contributed by atoms with E-state index in [2.05, 4.69) is 20.2 Å². The van der Waals surface area contributed by atoms with Gasteiger partial charge in [-0.3, -0.25) is 4.79 Å². The summed E-state index contributed by atoms with van der Waals surface area (Å²) in [6, 6.07) is 8.72. The van der Waals surface area contributed by atoms with E-state index in [0.717, 1.165) is 33.0 Å². The highest BCUT2D eigenvalue weighted by molar-refractivity contribution is 7.18. The van der Waals surface area contributed by atoms with Gasteiger partial charge in [-0.25, -0.2) is 14.4 Å². The maximum absolute atomic E-state index is 15.7. The molecule has 39 heavy (non-hydrogen) atoms. The Bertz CT molecular complexity index is 1320. The van der Waals surface area contributed by atoms with Gasteiger partial charge in [0.25, 0.3) is 5.91 Å². The molecule has 3 heterocycles. The van der Waals surface area contributed by atoms with Crippen LogP contribution in [0.15, 0.2) is 30.3 Å². The number of halogens is 4. The standard InChI is InChI=1S/C28H32F4N4O2S/c1-18-33-23-4-2-20(16-24(23)39-18)26(37)34-21-6-10-27(29,11-7-21)12-15-36-13-8-19-3-5-25(35-22(19)9-14-36)38-17-28(30,31)32/h2-5,16,21H,6-15,17H2,1H3,(H,34,37)/t21-,27+. The second-order valence-corrected chi connectivity index (χ2v) is 11.8. The molecule has 0 bridgehead atoms. The molecular weight excluding hydrogens is 532 g/mol. The number of hydrogen-bond acceptors (Lipinski definition) is 6. The summed E-state index contributed by atoms with van der Waals surface area (Å²) in [6.45, 7) is 2.59. The Kier molecular flexibility index (Phi) is 8.09. The third-order valence-electron chi connectivity index (χ3n) is 7.64. The van der Waals surface area contributed by atoms with Gasteiger partial charge in [0.2, 0.25) is 5.88 Å². The lowest BCUT2D eigenvalue weighted by atomic mass is 9.81. The molecule has 3 aromatic rings. The maximum atomic E-state index is 15.7. The lowest BCUT2D eigenvalue weighted by molar-refractivity contribution is -0.154. The molecule has 2 aromatic heterocycles. The molecule has 0 spiro atoms. The fourth-order valence-electron chi connectivity index (χ4n) is 5.41. The van der Waals surface area contributed by atoms with E-state index in [9.17, 15) is 18.0 Å². The summed E-state index contributed by atoms with van der Waals surface area (Å²) < 4.78 is 58.8. The smallest absolute Gasteiger partial charge is 0.422 e. The summed E-state index contributed by atoms with van der Waals surface area (Å²) in [5.74, 6) is -0.158. The van der Waals surface area contributed by atoms with E-state index in [4.69, 9.17) is 4.74 Å². The summed E-state index contributed by atoms with van der Waals surface area (Å²) in [5.41, 5.74) is 1.95. The number of nitrogens with zero attached hydrogens (tertiary/aromatic N) is 3. The van der Waals surface area contributed by atoms with E-state index in [1.54, 1.807) is 23.5 Å². The van der Waals surface area contributed by atoms with Gasteiger partial charge in [0.15, 0.2) is 6.61 Å². The van der Waals surface area contributed by atoms with Crippen LogP contribution >= 0.6 is 11.3 Å². The molecule has 210 valence electrons. The number of aromatic nitrogens is 2. The van der Waals surface area contributed by atoms with Crippen LogP contribution in [-0.4, -0.2) is 64.9 Å². The summed E-state index contributed by atoms with van der Waals surface area (Å²) in [6.07, 6.45) is -0.699. The van der Waals surface area contributed by atoms with E-state index >= 15 is 4.39 Å². The van der Waals surface area contributed by atoms with E-state index in [-0.39, 0.29) is 17.8 Å². The van der Waals surface area contributed by atoms with Crippen molar-refractivity contribution in [2.24, 2.45) is 0 Å². The van der Waals surface area contributed by atoms with Gasteiger partial charge in [-0.15, -0.1) is 11.3 Å². The van der Waals surface area contributed by atoms with Crippen LogP contribution < -0.4 is 10.1 Å². The normalized spacial score (nSPS) is 22.3. The molecule has 1 saturated carbocycles. The minimum Gasteiger partial charge on any atom is -0.468 e. The molecule has 0 radical (unpaired) electrons. The Labute approximate surface area is 228 Å². The van der Waals surface area contributed by atoms with Gasteiger partial charge in [0, 0.05) is 49.4 Å². The molecule has 1 aliphatic carbocycles. The van der Waals surface area contributed by atoms with Crippen LogP contribution in [0.5, 0.6) is 5.88 Å². The quantitative estimate of drug-likeness (QED) is 0.367. The Morgan fingerprint density at radius 1 is 1.15 bits per heavy atom. The molecule has 6 nitrogen and oxygen atoms in total. The van der Waals surface area contributed by atoms with Gasteiger partial charge < -0.3 is 15.0 Å². The number of nitrogens with one attached hydrogen (secondary N) is 1. The van der Waals surface area contributed by atoms with Crippen molar-refractivity contribution < 1.29 is 27.1 Å². The molecule has 1 amide bonds. The number of hydrogen-bond donors (Lipinski definition) is 1. The third kappa shape index (κ3) is 7.25. The van der Waals surface area contributed by atoms with Crippen molar-refractivity contribution >= 4 is 27.5 Å². The average molecular weight is 565 g/mol. The van der Waals surface area contributed by atoms with Crippen molar-refractivity contribution in [3.63, 3.8) is 0 Å². The van der Waals surface area contributed by atoms with Crippen molar-refractivity contribution in [3.8, 4) is 5.88 Å². The minimum absolute atomic E-state index is 0.0229. The number of benzene rings is 1. The van der Waals surface area contributed by atoms with Crippen molar-refractivity contribution in [2.75, 3.05) is 26.2 Å². The van der Waals surface area contributed by atoms with Crippen LogP contribution in [0, 0.1) is 6.92 Å². The van der Waals surface area contributed by atoms with Crippen LogP contribution in [-0.2, 0) is 12.8 Å². The average Bonchev–Trinajstić information content (AvgIpc) is 3.15. The summed E-state index contributed by atoms with van der Waals surface area (Å²) in [7, 11) is 0. The molecule has 1 N–H and O–H groups in total. The molecule has 0 atom stereocenters. The number of carbonyl (C=O) groups is 1. The monoisotopic (exact) mass is 564 g/mol. The van der Waals surface area contributed by atoms with Gasteiger partial charge in [-0.1, -0.05) is 6.07 Å². The second-order valence-electron chi connectivity index (χ2n) is 10.6. The topological polar surface area (TPSA) is 67.4 Å². The number of thiazole rings is 1. The maximum Gasteiger partial charge on any atom is 0.422 e. The molecule has 0 unspecified atom stereocenters. The number of fused-ring (bicyclic) bond motifs is 2. The highest BCUT2D eigenvalue weighted by Gasteiger charge is 2.36. The van der Waals surface area contributed by atoms with Crippen molar-refractivity contribution in [1.29, 1.82) is 0 Å². The number of carbonyl (C=O) groups excluding carboxylic acids is 1. The lowest BCUT2D eigenvalue weighted by Crippen LogP contribution is -2.43. The number of amides is 1. The summed E-state index contributed by atoms with van der Waals surface area (Å²) >= 11 is 1.56. The van der Waals surface area contributed by atoms with Crippen LogP contribution in [0.25, 0.3) is 10.2 Å². The number of pyridine rings is 1. The van der Waals surface area contributed by atoms with E-state index in [1.807, 2.05) is 19.1 Å². The van der Waals surface area contributed by atoms with Crippen LogP contribution in [0.2, 0.25) is 0 Å². The van der Waals surface area contributed by atoms with Gasteiger partial charge in [0.1, 0.15) is 5.67 Å². The van der Waals surface area contributed by atoms with Gasteiger partial charge in [-0.2, -0.15) is 13.2 Å². The van der Waals surface area contributed by atoms with E-state index in [0.29, 0.717) is 63.6 Å². The Hall–Kier alpha value is -2.79. The predicted octanol–water partition coefficient (Wildman–Crippen LogP) is 5.81. The van der Waals surface area contributed by atoms with Crippen molar-refractivity contribution in [3.05, 3.63) is 52.2 Å². The zero-order valence-electron chi connectivity index (χ0n) is 21.8. The minimum atomic E-state index is -4.41. The fourth-order valence-corrected chi connectivity index (χ4v) is 6.27. The fraction of sp³-hybridized carbons (Fsp3) is 0.536. The first-order valence-electron chi connectivity index (χ1n) is 13.3. The molecular formula is C28H32F4N4O2S.